The molecule has 75 heavy (non-hydrogen) atoms. The van der Waals surface area contributed by atoms with Crippen molar-refractivity contribution in [2.75, 3.05) is 19.8 Å². The molecule has 12 unspecified atom stereocenters. The van der Waals surface area contributed by atoms with Gasteiger partial charge in [0.15, 0.2) is 12.6 Å². The smallest absolute Gasteiger partial charge is 0.220 e. The molecule has 2 aliphatic heterocycles. The second kappa shape index (κ2) is 46.6. The highest BCUT2D eigenvalue weighted by Gasteiger charge is 2.51. The zero-order valence-electron chi connectivity index (χ0n) is 46.8. The fraction of sp³-hybridized carbons (Fsp3) is 0.820. The van der Waals surface area contributed by atoms with Gasteiger partial charge in [0.25, 0.3) is 0 Å². The fourth-order valence-corrected chi connectivity index (χ4v) is 9.53. The van der Waals surface area contributed by atoms with E-state index >= 15 is 0 Å². The lowest BCUT2D eigenvalue weighted by Gasteiger charge is -2.46. The number of ether oxygens (including phenoxy) is 4. The first-order valence-corrected chi connectivity index (χ1v) is 30.0. The van der Waals surface area contributed by atoms with Gasteiger partial charge in [0.05, 0.1) is 32.0 Å². The largest absolute Gasteiger partial charge is 0.394 e. The van der Waals surface area contributed by atoms with E-state index in [2.05, 4.69) is 67.8 Å². The number of aliphatic hydroxyl groups is 8. The lowest BCUT2D eigenvalue weighted by Crippen LogP contribution is -2.65. The third-order valence-electron chi connectivity index (χ3n) is 14.4. The first-order valence-electron chi connectivity index (χ1n) is 30.0. The van der Waals surface area contributed by atoms with Gasteiger partial charge in [-0.3, -0.25) is 4.79 Å². The van der Waals surface area contributed by atoms with Crippen LogP contribution in [0.25, 0.3) is 0 Å². The van der Waals surface area contributed by atoms with Crippen LogP contribution in [0.2, 0.25) is 0 Å². The van der Waals surface area contributed by atoms with Crippen LogP contribution in [0.1, 0.15) is 226 Å². The van der Waals surface area contributed by atoms with Crippen LogP contribution in [-0.2, 0) is 23.7 Å². The van der Waals surface area contributed by atoms with Crippen molar-refractivity contribution in [1.29, 1.82) is 0 Å². The van der Waals surface area contributed by atoms with Crippen LogP contribution in [0, 0.1) is 0 Å². The van der Waals surface area contributed by atoms with Crippen LogP contribution in [0.15, 0.2) is 60.8 Å². The quantitative estimate of drug-likeness (QED) is 0.0204. The summed E-state index contributed by atoms with van der Waals surface area (Å²) >= 11 is 0. The van der Waals surface area contributed by atoms with Gasteiger partial charge in [-0.1, -0.05) is 203 Å². The first-order chi connectivity index (χ1) is 36.6. The maximum atomic E-state index is 13.3. The summed E-state index contributed by atoms with van der Waals surface area (Å²) in [7, 11) is 0. The molecule has 14 heteroatoms. The Kier molecular flexibility index (Phi) is 42.7. The Balaban J connectivity index is 1.80. The molecular formula is C61H109NO13. The molecule has 12 atom stereocenters. The van der Waals surface area contributed by atoms with Crippen molar-refractivity contribution in [2.24, 2.45) is 0 Å². The molecule has 9 N–H and O–H groups in total. The van der Waals surface area contributed by atoms with Gasteiger partial charge in [-0.15, -0.1) is 0 Å². The summed E-state index contributed by atoms with van der Waals surface area (Å²) in [4.78, 5) is 13.3. The maximum Gasteiger partial charge on any atom is 0.220 e. The topological polar surface area (TPSA) is 228 Å². The standard InChI is InChI=1S/C61H109NO13/c1-3-5-7-9-11-13-15-17-19-21-23-25-27-29-31-33-35-37-39-41-43-45-53(66)62-49(50(65)44-42-40-38-36-34-32-30-28-26-24-22-20-18-16-14-12-10-8-6-4-2)48-72-60-58(71)56(69)59(52(47-64)74-60)75-61-57(70)55(68)54(67)51(46-63)73-61/h15,17,21,23,26,28,34,36,42,44,49-52,54-61,63-65,67-71H,3-14,16,18-20,22,24-25,27,29-33,35,37-41,43,45-48H2,1-2H3,(H,62,66)/b17-15-,23-21-,28-26+,36-34+,44-42+. The Morgan fingerprint density at radius 1 is 0.480 bits per heavy atom. The van der Waals surface area contributed by atoms with Crippen LogP contribution in [0.4, 0.5) is 0 Å². The van der Waals surface area contributed by atoms with Crippen molar-refractivity contribution in [1.82, 2.24) is 5.32 Å². The van der Waals surface area contributed by atoms with E-state index in [9.17, 15) is 45.6 Å². The number of carbonyl (C=O) groups is 1. The van der Waals surface area contributed by atoms with Gasteiger partial charge < -0.3 is 65.1 Å². The summed E-state index contributed by atoms with van der Waals surface area (Å²) in [6.45, 7) is 2.76. The molecule has 1 amide bonds. The molecule has 14 nitrogen and oxygen atoms in total. The highest BCUT2D eigenvalue weighted by molar-refractivity contribution is 5.76. The molecular weight excluding hydrogens is 955 g/mol. The predicted octanol–water partition coefficient (Wildman–Crippen LogP) is 10.2. The van der Waals surface area contributed by atoms with Crippen molar-refractivity contribution in [2.45, 2.75) is 299 Å². The molecule has 0 radical (unpaired) electrons. The molecule has 0 spiro atoms. The van der Waals surface area contributed by atoms with Gasteiger partial charge in [-0.2, -0.15) is 0 Å². The Labute approximate surface area is 454 Å². The first kappa shape index (κ1) is 68.8. The highest BCUT2D eigenvalue weighted by atomic mass is 16.7. The highest BCUT2D eigenvalue weighted by Crippen LogP contribution is 2.30. The maximum absolute atomic E-state index is 13.3. The van der Waals surface area contributed by atoms with Crippen LogP contribution >= 0.6 is 0 Å². The van der Waals surface area contributed by atoms with Crippen LogP contribution in [0.5, 0.6) is 0 Å². The molecule has 2 aliphatic rings. The van der Waals surface area contributed by atoms with Gasteiger partial charge in [-0.05, 0) is 77.0 Å². The monoisotopic (exact) mass is 1060 g/mol. The number of rotatable bonds is 47. The van der Waals surface area contributed by atoms with Gasteiger partial charge >= 0.3 is 0 Å². The van der Waals surface area contributed by atoms with E-state index in [1.165, 1.54) is 135 Å². The minimum atomic E-state index is -1.79. The SMILES string of the molecule is CCCCCCC/C=C\C/C=C\CCCCCCCCCCCC(=O)NC(COC1OC(CO)C(OC2OC(CO)C(O)C(O)C2O)C(O)C1O)C(O)/C=C/CC/C=C/CC/C=C/CCCCCCCCCCCC. The molecule has 2 saturated heterocycles. The van der Waals surface area contributed by atoms with E-state index in [-0.39, 0.29) is 18.9 Å². The Hall–Kier alpha value is -2.31. The average Bonchev–Trinajstić information content (AvgIpc) is 3.41. The van der Waals surface area contributed by atoms with E-state index in [1.54, 1.807) is 6.08 Å². The molecule has 0 bridgehead atoms. The van der Waals surface area contributed by atoms with Crippen LogP contribution in [0.3, 0.4) is 0 Å². The van der Waals surface area contributed by atoms with Crippen molar-refractivity contribution >= 4 is 5.91 Å². The van der Waals surface area contributed by atoms with E-state index in [1.807, 2.05) is 6.08 Å². The molecule has 436 valence electrons. The molecule has 0 aromatic carbocycles. The third-order valence-corrected chi connectivity index (χ3v) is 14.4. The third kappa shape index (κ3) is 32.4. The summed E-state index contributed by atoms with van der Waals surface area (Å²) in [5.74, 6) is -0.259. The summed E-state index contributed by atoms with van der Waals surface area (Å²) in [6, 6.07) is -0.942. The number of hydrogen-bond acceptors (Lipinski definition) is 13. The lowest BCUT2D eigenvalue weighted by molar-refractivity contribution is -0.359. The van der Waals surface area contributed by atoms with Gasteiger partial charge in [0.1, 0.15) is 48.8 Å². The number of amides is 1. The molecule has 2 heterocycles. The zero-order valence-corrected chi connectivity index (χ0v) is 46.8. The van der Waals surface area contributed by atoms with E-state index in [4.69, 9.17) is 18.9 Å². The number of aliphatic hydroxyl groups excluding tert-OH is 8. The summed E-state index contributed by atoms with van der Waals surface area (Å²) < 4.78 is 22.8. The van der Waals surface area contributed by atoms with E-state index < -0.39 is 86.8 Å². The van der Waals surface area contributed by atoms with Crippen molar-refractivity contribution < 1.29 is 64.6 Å². The molecule has 2 rings (SSSR count). The van der Waals surface area contributed by atoms with Crippen molar-refractivity contribution in [3.8, 4) is 0 Å². The van der Waals surface area contributed by atoms with Gasteiger partial charge in [-0.25, -0.2) is 0 Å². The Morgan fingerprint density at radius 3 is 1.39 bits per heavy atom. The number of hydrogen-bond donors (Lipinski definition) is 9. The molecule has 0 aliphatic carbocycles. The van der Waals surface area contributed by atoms with Crippen LogP contribution in [-0.4, -0.2) is 140 Å². The van der Waals surface area contributed by atoms with Crippen molar-refractivity contribution in [3.05, 3.63) is 60.8 Å². The predicted molar refractivity (Wildman–Crippen MR) is 300 cm³/mol. The molecule has 0 saturated carbocycles. The molecule has 0 aromatic heterocycles. The average molecular weight is 1060 g/mol. The summed E-state index contributed by atoms with van der Waals surface area (Å²) in [5.41, 5.74) is 0. The normalized spacial score (nSPS) is 25.5. The Bertz CT molecular complexity index is 1490. The van der Waals surface area contributed by atoms with E-state index in [0.29, 0.717) is 12.8 Å². The fourth-order valence-electron chi connectivity index (χ4n) is 9.53. The number of unbranched alkanes of at least 4 members (excludes halogenated alkanes) is 26. The van der Waals surface area contributed by atoms with E-state index in [0.717, 1.165) is 57.8 Å². The summed E-state index contributed by atoms with van der Waals surface area (Å²) in [5, 5.41) is 87.1. The minimum Gasteiger partial charge on any atom is -0.394 e. The zero-order chi connectivity index (χ0) is 54.6. The Morgan fingerprint density at radius 2 is 0.893 bits per heavy atom. The van der Waals surface area contributed by atoms with Crippen molar-refractivity contribution in [3.63, 3.8) is 0 Å². The second-order valence-electron chi connectivity index (χ2n) is 21.1. The number of carbonyl (C=O) groups excluding carboxylic acids is 1. The lowest BCUT2D eigenvalue weighted by atomic mass is 9.97. The number of nitrogens with one attached hydrogen (secondary N) is 1. The molecule has 0 aromatic rings. The minimum absolute atomic E-state index is 0.259. The number of allylic oxidation sites excluding steroid dienone is 9. The molecule has 2 fully saturated rings. The van der Waals surface area contributed by atoms with Gasteiger partial charge in [0, 0.05) is 6.42 Å². The van der Waals surface area contributed by atoms with Gasteiger partial charge in [0.2, 0.25) is 5.91 Å². The van der Waals surface area contributed by atoms with Crippen LogP contribution < -0.4 is 5.32 Å². The summed E-state index contributed by atoms with van der Waals surface area (Å²) in [6.07, 6.45) is 42.5. The second-order valence-corrected chi connectivity index (χ2v) is 21.1.